The predicted molar refractivity (Wildman–Crippen MR) is 69.0 cm³/mol. The number of pyridine rings is 1. The molecule has 0 fully saturated rings. The molecule has 1 aromatic carbocycles. The van der Waals surface area contributed by atoms with Gasteiger partial charge in [-0.25, -0.2) is 4.39 Å². The van der Waals surface area contributed by atoms with Crippen molar-refractivity contribution in [3.8, 4) is 0 Å². The van der Waals surface area contributed by atoms with Crippen molar-refractivity contribution >= 4 is 0 Å². The zero-order chi connectivity index (χ0) is 12.8. The van der Waals surface area contributed by atoms with Crippen molar-refractivity contribution in [1.29, 1.82) is 0 Å². The number of hydrogen-bond acceptors (Lipinski definition) is 3. The molecule has 3 N–H and O–H groups in total. The third-order valence-corrected chi connectivity index (χ3v) is 2.95. The first-order valence-corrected chi connectivity index (χ1v) is 5.90. The maximum atomic E-state index is 13.6. The van der Waals surface area contributed by atoms with Crippen molar-refractivity contribution in [2.24, 2.45) is 5.84 Å². The number of halogens is 1. The molecule has 4 heteroatoms. The molecule has 1 heterocycles. The molecular formula is C14H16FN3. The largest absolute Gasteiger partial charge is 0.271 e. The number of benzene rings is 1. The summed E-state index contributed by atoms with van der Waals surface area (Å²) in [5.41, 5.74) is 4.45. The topological polar surface area (TPSA) is 50.9 Å². The molecule has 2 rings (SSSR count). The first kappa shape index (κ1) is 12.7. The Morgan fingerprint density at radius 1 is 1.17 bits per heavy atom. The van der Waals surface area contributed by atoms with Crippen LogP contribution in [-0.4, -0.2) is 4.98 Å². The highest BCUT2D eigenvalue weighted by Crippen LogP contribution is 2.20. The minimum absolute atomic E-state index is 0.181. The Kier molecular flexibility index (Phi) is 4.39. The van der Waals surface area contributed by atoms with Gasteiger partial charge in [0.15, 0.2) is 0 Å². The average Bonchev–Trinajstić information content (AvgIpc) is 2.42. The molecule has 1 atom stereocenters. The predicted octanol–water partition coefficient (Wildman–Crippen LogP) is 2.36. The van der Waals surface area contributed by atoms with Crippen LogP contribution in [0, 0.1) is 5.82 Å². The fourth-order valence-electron chi connectivity index (χ4n) is 1.95. The van der Waals surface area contributed by atoms with Crippen LogP contribution in [0.5, 0.6) is 0 Å². The van der Waals surface area contributed by atoms with Gasteiger partial charge in [0, 0.05) is 24.0 Å². The summed E-state index contributed by atoms with van der Waals surface area (Å²) in [6.07, 6.45) is 5.07. The van der Waals surface area contributed by atoms with Gasteiger partial charge in [0.1, 0.15) is 5.82 Å². The molecule has 2 aromatic rings. The summed E-state index contributed by atoms with van der Waals surface area (Å²) >= 11 is 0. The lowest BCUT2D eigenvalue weighted by molar-refractivity contribution is 0.485. The highest BCUT2D eigenvalue weighted by Gasteiger charge is 2.13. The third-order valence-electron chi connectivity index (χ3n) is 2.95. The third kappa shape index (κ3) is 3.12. The Balaban J connectivity index is 2.04. The van der Waals surface area contributed by atoms with E-state index in [2.05, 4.69) is 10.4 Å². The van der Waals surface area contributed by atoms with Crippen molar-refractivity contribution in [1.82, 2.24) is 10.4 Å². The molecule has 18 heavy (non-hydrogen) atoms. The van der Waals surface area contributed by atoms with Gasteiger partial charge in [-0.05, 0) is 36.6 Å². The molecule has 1 aromatic heterocycles. The molecule has 3 nitrogen and oxygen atoms in total. The highest BCUT2D eigenvalue weighted by molar-refractivity contribution is 5.21. The first-order valence-electron chi connectivity index (χ1n) is 5.90. The minimum Gasteiger partial charge on any atom is -0.271 e. The van der Waals surface area contributed by atoms with E-state index in [0.29, 0.717) is 5.56 Å². The Labute approximate surface area is 106 Å². The minimum atomic E-state index is -0.227. The van der Waals surface area contributed by atoms with E-state index in [1.807, 2.05) is 18.2 Å². The molecule has 0 aliphatic carbocycles. The van der Waals surface area contributed by atoms with Crippen LogP contribution < -0.4 is 11.3 Å². The molecular weight excluding hydrogens is 229 g/mol. The van der Waals surface area contributed by atoms with E-state index in [0.717, 1.165) is 12.8 Å². The summed E-state index contributed by atoms with van der Waals surface area (Å²) in [7, 11) is 0. The zero-order valence-corrected chi connectivity index (χ0v) is 10.0. The molecule has 0 amide bonds. The Morgan fingerprint density at radius 2 is 1.89 bits per heavy atom. The van der Waals surface area contributed by atoms with E-state index < -0.39 is 0 Å². The van der Waals surface area contributed by atoms with Crippen molar-refractivity contribution in [2.45, 2.75) is 18.9 Å². The van der Waals surface area contributed by atoms with Crippen molar-refractivity contribution in [3.63, 3.8) is 0 Å². The van der Waals surface area contributed by atoms with Gasteiger partial charge in [-0.2, -0.15) is 0 Å². The number of aromatic nitrogens is 1. The lowest BCUT2D eigenvalue weighted by atomic mass is 9.99. The van der Waals surface area contributed by atoms with Gasteiger partial charge in [0.2, 0.25) is 0 Å². The Hall–Kier alpha value is -1.78. The first-order chi connectivity index (χ1) is 8.81. The number of hydrogen-bond donors (Lipinski definition) is 2. The molecule has 1 unspecified atom stereocenters. The average molecular weight is 245 g/mol. The molecule has 0 aliphatic heterocycles. The molecule has 0 bridgehead atoms. The summed E-state index contributed by atoms with van der Waals surface area (Å²) < 4.78 is 13.6. The second kappa shape index (κ2) is 6.23. The lowest BCUT2D eigenvalue weighted by Gasteiger charge is -2.16. The van der Waals surface area contributed by atoms with Crippen LogP contribution in [0.15, 0.2) is 48.8 Å². The van der Waals surface area contributed by atoms with Crippen LogP contribution in [0.2, 0.25) is 0 Å². The van der Waals surface area contributed by atoms with Gasteiger partial charge >= 0.3 is 0 Å². The van der Waals surface area contributed by atoms with Crippen molar-refractivity contribution in [2.75, 3.05) is 0 Å². The van der Waals surface area contributed by atoms with E-state index in [9.17, 15) is 4.39 Å². The number of nitrogens with two attached hydrogens (primary N) is 1. The van der Waals surface area contributed by atoms with Gasteiger partial charge in [-0.1, -0.05) is 18.2 Å². The summed E-state index contributed by atoms with van der Waals surface area (Å²) in [5.74, 6) is 5.28. The number of hydrazine groups is 1. The fourth-order valence-corrected chi connectivity index (χ4v) is 1.95. The van der Waals surface area contributed by atoms with Gasteiger partial charge in [0.05, 0.1) is 0 Å². The van der Waals surface area contributed by atoms with Crippen LogP contribution in [0.3, 0.4) is 0 Å². The highest BCUT2D eigenvalue weighted by atomic mass is 19.1. The van der Waals surface area contributed by atoms with Crippen LogP contribution >= 0.6 is 0 Å². The quantitative estimate of drug-likeness (QED) is 0.628. The van der Waals surface area contributed by atoms with E-state index in [1.165, 1.54) is 11.6 Å². The maximum absolute atomic E-state index is 13.6. The van der Waals surface area contributed by atoms with Crippen LogP contribution in [-0.2, 0) is 6.42 Å². The summed E-state index contributed by atoms with van der Waals surface area (Å²) in [6, 6.07) is 10.4. The SMILES string of the molecule is NNC(CCc1ccncc1)c1ccccc1F. The smallest absolute Gasteiger partial charge is 0.128 e. The van der Waals surface area contributed by atoms with E-state index >= 15 is 0 Å². The van der Waals surface area contributed by atoms with Gasteiger partial charge < -0.3 is 0 Å². The summed E-state index contributed by atoms with van der Waals surface area (Å²) in [5, 5.41) is 0. The van der Waals surface area contributed by atoms with Gasteiger partial charge in [0.25, 0.3) is 0 Å². The number of nitrogens with one attached hydrogen (secondary N) is 1. The number of rotatable bonds is 5. The molecule has 0 aliphatic rings. The van der Waals surface area contributed by atoms with Crippen LogP contribution in [0.4, 0.5) is 4.39 Å². The van der Waals surface area contributed by atoms with Crippen molar-refractivity contribution in [3.05, 3.63) is 65.7 Å². The second-order valence-electron chi connectivity index (χ2n) is 4.13. The van der Waals surface area contributed by atoms with E-state index in [-0.39, 0.29) is 11.9 Å². The van der Waals surface area contributed by atoms with Crippen LogP contribution in [0.1, 0.15) is 23.6 Å². The molecule has 0 saturated heterocycles. The Morgan fingerprint density at radius 3 is 2.56 bits per heavy atom. The second-order valence-corrected chi connectivity index (χ2v) is 4.13. The lowest BCUT2D eigenvalue weighted by Crippen LogP contribution is -2.29. The standard InChI is InChI=1S/C14H16FN3/c15-13-4-2-1-3-12(13)14(18-16)6-5-11-7-9-17-10-8-11/h1-4,7-10,14,18H,5-6,16H2. The van der Waals surface area contributed by atoms with Gasteiger partial charge in [-0.15, -0.1) is 0 Å². The van der Waals surface area contributed by atoms with Crippen LogP contribution in [0.25, 0.3) is 0 Å². The number of aryl methyl sites for hydroxylation is 1. The van der Waals surface area contributed by atoms with Gasteiger partial charge in [-0.3, -0.25) is 16.3 Å². The molecule has 0 radical (unpaired) electrons. The maximum Gasteiger partial charge on any atom is 0.128 e. The van der Waals surface area contributed by atoms with E-state index in [1.54, 1.807) is 24.5 Å². The number of nitrogens with zero attached hydrogens (tertiary/aromatic N) is 1. The zero-order valence-electron chi connectivity index (χ0n) is 10.0. The molecule has 0 saturated carbocycles. The summed E-state index contributed by atoms with van der Waals surface area (Å²) in [6.45, 7) is 0. The molecule has 94 valence electrons. The molecule has 0 spiro atoms. The Bertz CT molecular complexity index is 487. The van der Waals surface area contributed by atoms with Crippen molar-refractivity contribution < 1.29 is 4.39 Å². The fraction of sp³-hybridized carbons (Fsp3) is 0.214. The van der Waals surface area contributed by atoms with E-state index in [4.69, 9.17) is 5.84 Å². The normalized spacial score (nSPS) is 12.3. The summed E-state index contributed by atoms with van der Waals surface area (Å²) in [4.78, 5) is 3.96. The monoisotopic (exact) mass is 245 g/mol.